The molecule has 0 bridgehead atoms. The zero-order chi connectivity index (χ0) is 17.4. The highest BCUT2D eigenvalue weighted by Gasteiger charge is 2.10. The second-order valence-electron chi connectivity index (χ2n) is 5.79. The van der Waals surface area contributed by atoms with Gasteiger partial charge in [0.25, 0.3) is 5.91 Å². The molecule has 2 rings (SSSR count). The fourth-order valence-electron chi connectivity index (χ4n) is 2.42. The number of amides is 1. The van der Waals surface area contributed by atoms with Gasteiger partial charge in [0.05, 0.1) is 13.7 Å². The van der Waals surface area contributed by atoms with Crippen molar-refractivity contribution in [2.24, 2.45) is 0 Å². The minimum absolute atomic E-state index is 0.0252. The van der Waals surface area contributed by atoms with E-state index in [1.807, 2.05) is 38.2 Å². The van der Waals surface area contributed by atoms with Crippen molar-refractivity contribution in [3.05, 3.63) is 65.5 Å². The van der Waals surface area contributed by atoms with Gasteiger partial charge < -0.3 is 15.0 Å². The van der Waals surface area contributed by atoms with Crippen molar-refractivity contribution in [3.63, 3.8) is 0 Å². The number of rotatable bonds is 8. The van der Waals surface area contributed by atoms with E-state index in [9.17, 15) is 9.18 Å². The maximum absolute atomic E-state index is 12.8. The lowest BCUT2D eigenvalue weighted by Gasteiger charge is -2.14. The molecule has 0 aromatic heterocycles. The number of hydrogen-bond donors (Lipinski definition) is 2. The Kier molecular flexibility index (Phi) is 6.75. The Balaban J connectivity index is 1.75. The maximum atomic E-state index is 12.8. The Labute approximate surface area is 142 Å². The number of benzene rings is 2. The van der Waals surface area contributed by atoms with E-state index in [4.69, 9.17) is 4.74 Å². The molecule has 24 heavy (non-hydrogen) atoms. The summed E-state index contributed by atoms with van der Waals surface area (Å²) in [6.45, 7) is 4.16. The summed E-state index contributed by atoms with van der Waals surface area (Å²) in [5.74, 6) is 0.559. The Morgan fingerprint density at radius 1 is 1.08 bits per heavy atom. The van der Waals surface area contributed by atoms with E-state index in [1.165, 1.54) is 12.1 Å². The van der Waals surface area contributed by atoms with Crippen molar-refractivity contribution in [1.82, 2.24) is 5.32 Å². The number of quaternary nitrogens is 1. The van der Waals surface area contributed by atoms with Gasteiger partial charge in [-0.2, -0.15) is 0 Å². The zero-order valence-electron chi connectivity index (χ0n) is 14.1. The van der Waals surface area contributed by atoms with Gasteiger partial charge in [-0.3, -0.25) is 4.79 Å². The first-order valence-corrected chi connectivity index (χ1v) is 8.11. The lowest BCUT2D eigenvalue weighted by Crippen LogP contribution is -3.08. The zero-order valence-corrected chi connectivity index (χ0v) is 14.1. The summed E-state index contributed by atoms with van der Waals surface area (Å²) in [6.07, 6.45) is 0. The van der Waals surface area contributed by atoms with E-state index in [0.717, 1.165) is 28.3 Å². The number of nitrogens with one attached hydrogen (secondary N) is 2. The van der Waals surface area contributed by atoms with Crippen LogP contribution in [-0.4, -0.2) is 26.1 Å². The third kappa shape index (κ3) is 6.01. The van der Waals surface area contributed by atoms with Gasteiger partial charge in [-0.15, -0.1) is 0 Å². The lowest BCUT2D eigenvalue weighted by atomic mass is 10.2. The van der Waals surface area contributed by atoms with Crippen molar-refractivity contribution in [2.75, 3.05) is 20.2 Å². The Bertz CT molecular complexity index is 641. The molecule has 5 heteroatoms. The predicted octanol–water partition coefficient (Wildman–Crippen LogP) is 1.56. The number of carbonyl (C=O) groups is 1. The average Bonchev–Trinajstić information content (AvgIpc) is 2.56. The van der Waals surface area contributed by atoms with Crippen LogP contribution in [0.1, 0.15) is 18.1 Å². The van der Waals surface area contributed by atoms with Crippen LogP contribution in [-0.2, 0) is 17.9 Å². The number of halogens is 1. The third-order valence-electron chi connectivity index (χ3n) is 3.61. The molecule has 0 aliphatic carbocycles. The summed E-state index contributed by atoms with van der Waals surface area (Å²) < 4.78 is 18.3. The fraction of sp³-hybridized carbons (Fsp3) is 0.316. The van der Waals surface area contributed by atoms with Crippen LogP contribution in [0, 0.1) is 5.82 Å². The smallest absolute Gasteiger partial charge is 0.275 e. The molecule has 2 aromatic carbocycles. The molecule has 2 N–H and O–H groups in total. The van der Waals surface area contributed by atoms with Crippen LogP contribution in [0.2, 0.25) is 0 Å². The molecule has 128 valence electrons. The highest BCUT2D eigenvalue weighted by molar-refractivity contribution is 5.76. The maximum Gasteiger partial charge on any atom is 0.275 e. The van der Waals surface area contributed by atoms with Crippen LogP contribution in [0.4, 0.5) is 4.39 Å². The molecule has 2 aromatic rings. The summed E-state index contributed by atoms with van der Waals surface area (Å²) in [5.41, 5.74) is 2.04. The van der Waals surface area contributed by atoms with E-state index in [1.54, 1.807) is 12.1 Å². The SMILES string of the molecule is CCOc1ccc(C[NH+](C)CC(=O)NCc2ccc(F)cc2)cc1. The second kappa shape index (κ2) is 9.03. The molecule has 0 heterocycles. The number of carbonyl (C=O) groups excluding carboxylic acids is 1. The molecular weight excluding hydrogens is 307 g/mol. The van der Waals surface area contributed by atoms with E-state index in [-0.39, 0.29) is 11.7 Å². The van der Waals surface area contributed by atoms with Gasteiger partial charge in [0.15, 0.2) is 6.54 Å². The van der Waals surface area contributed by atoms with Crippen LogP contribution in [0.25, 0.3) is 0 Å². The average molecular weight is 331 g/mol. The molecule has 1 unspecified atom stereocenters. The van der Waals surface area contributed by atoms with Gasteiger partial charge in [-0.1, -0.05) is 12.1 Å². The van der Waals surface area contributed by atoms with Gasteiger partial charge in [-0.25, -0.2) is 4.39 Å². The minimum Gasteiger partial charge on any atom is -0.494 e. The van der Waals surface area contributed by atoms with Crippen LogP contribution in [0.15, 0.2) is 48.5 Å². The van der Waals surface area contributed by atoms with Crippen molar-refractivity contribution >= 4 is 5.91 Å². The topological polar surface area (TPSA) is 42.8 Å². The molecule has 0 saturated heterocycles. The second-order valence-corrected chi connectivity index (χ2v) is 5.79. The first kappa shape index (κ1) is 17.9. The highest BCUT2D eigenvalue weighted by atomic mass is 19.1. The predicted molar refractivity (Wildman–Crippen MR) is 91.3 cm³/mol. The first-order valence-electron chi connectivity index (χ1n) is 8.11. The summed E-state index contributed by atoms with van der Waals surface area (Å²) in [5, 5.41) is 2.86. The normalized spacial score (nSPS) is 11.8. The summed E-state index contributed by atoms with van der Waals surface area (Å²) in [4.78, 5) is 13.1. The lowest BCUT2D eigenvalue weighted by molar-refractivity contribution is -0.885. The van der Waals surface area contributed by atoms with Crippen LogP contribution < -0.4 is 15.0 Å². The Hall–Kier alpha value is -2.40. The van der Waals surface area contributed by atoms with Gasteiger partial charge in [0.2, 0.25) is 0 Å². The van der Waals surface area contributed by atoms with E-state index in [0.29, 0.717) is 19.7 Å². The molecule has 1 amide bonds. The molecule has 4 nitrogen and oxygen atoms in total. The molecule has 0 fully saturated rings. The molecule has 0 spiro atoms. The molecule has 0 aliphatic rings. The van der Waals surface area contributed by atoms with Crippen molar-refractivity contribution < 1.29 is 18.8 Å². The van der Waals surface area contributed by atoms with Gasteiger partial charge in [-0.05, 0) is 48.9 Å². The fourth-order valence-corrected chi connectivity index (χ4v) is 2.42. The Morgan fingerprint density at radius 2 is 1.71 bits per heavy atom. The first-order chi connectivity index (χ1) is 11.6. The number of likely N-dealkylation sites (N-methyl/N-ethyl adjacent to an activating group) is 1. The summed E-state index contributed by atoms with van der Waals surface area (Å²) in [7, 11) is 1.98. The van der Waals surface area contributed by atoms with E-state index < -0.39 is 0 Å². The van der Waals surface area contributed by atoms with E-state index in [2.05, 4.69) is 5.32 Å². The van der Waals surface area contributed by atoms with Crippen molar-refractivity contribution in [1.29, 1.82) is 0 Å². The monoisotopic (exact) mass is 331 g/mol. The van der Waals surface area contributed by atoms with Crippen LogP contribution in [0.5, 0.6) is 5.75 Å². The summed E-state index contributed by atoms with van der Waals surface area (Å²) >= 11 is 0. The van der Waals surface area contributed by atoms with Gasteiger partial charge in [0, 0.05) is 12.1 Å². The van der Waals surface area contributed by atoms with Gasteiger partial charge in [0.1, 0.15) is 18.1 Å². The quantitative estimate of drug-likeness (QED) is 0.771. The number of ether oxygens (including phenoxy) is 1. The number of hydrogen-bond acceptors (Lipinski definition) is 2. The van der Waals surface area contributed by atoms with E-state index >= 15 is 0 Å². The van der Waals surface area contributed by atoms with Crippen LogP contribution >= 0.6 is 0 Å². The molecule has 0 radical (unpaired) electrons. The minimum atomic E-state index is -0.274. The molecule has 1 atom stereocenters. The van der Waals surface area contributed by atoms with Crippen LogP contribution in [0.3, 0.4) is 0 Å². The molecule has 0 aliphatic heterocycles. The third-order valence-corrected chi connectivity index (χ3v) is 3.61. The highest BCUT2D eigenvalue weighted by Crippen LogP contribution is 2.11. The molecule has 0 saturated carbocycles. The molecular formula is C19H24FN2O2+. The van der Waals surface area contributed by atoms with Gasteiger partial charge >= 0.3 is 0 Å². The van der Waals surface area contributed by atoms with Crippen molar-refractivity contribution in [3.8, 4) is 5.75 Å². The Morgan fingerprint density at radius 3 is 2.33 bits per heavy atom. The van der Waals surface area contributed by atoms with Crippen molar-refractivity contribution in [2.45, 2.75) is 20.0 Å². The summed E-state index contributed by atoms with van der Waals surface area (Å²) in [6, 6.07) is 14.1. The standard InChI is InChI=1S/C19H23FN2O2/c1-3-24-18-10-6-16(7-11-18)13-22(2)14-19(23)21-12-15-4-8-17(20)9-5-15/h4-11H,3,12-14H2,1-2H3,(H,21,23)/p+1. The largest absolute Gasteiger partial charge is 0.494 e.